The maximum atomic E-state index is 4.15. The highest BCUT2D eigenvalue weighted by Gasteiger charge is 2.19. The van der Waals surface area contributed by atoms with E-state index in [2.05, 4.69) is 201 Å². The Hall–Kier alpha value is -6.64. The van der Waals surface area contributed by atoms with Crippen molar-refractivity contribution < 1.29 is 0 Å². The number of rotatable bonds is 9. The monoisotopic (exact) mass is 682 g/mol. The average Bonchev–Trinajstić information content (AvgIpc) is 3.53. The molecule has 0 fully saturated rings. The number of fused-ring (bicyclic) bond motifs is 3. The first-order chi connectivity index (χ1) is 25.9. The fourth-order valence-corrected chi connectivity index (χ4v) is 7.52. The maximum absolute atomic E-state index is 4.15. The van der Waals surface area contributed by atoms with Gasteiger partial charge in [-0.25, -0.2) is 0 Å². The normalized spacial score (nSPS) is 11.6. The maximum Gasteiger partial charge on any atom is 0.0547 e. The highest BCUT2D eigenvalue weighted by Crippen LogP contribution is 2.43. The van der Waals surface area contributed by atoms with Crippen LogP contribution < -0.4 is 4.90 Å². The van der Waals surface area contributed by atoms with Crippen LogP contribution in [0.4, 0.5) is 17.1 Å². The predicted molar refractivity (Wildman–Crippen MR) is 229 cm³/mol. The highest BCUT2D eigenvalue weighted by molar-refractivity contribution is 6.17. The first kappa shape index (κ1) is 33.5. The fraction of sp³-hybridized carbons (Fsp3) is 0.0588. The van der Waals surface area contributed by atoms with Crippen molar-refractivity contribution in [3.05, 3.63) is 206 Å². The van der Waals surface area contributed by atoms with Gasteiger partial charge in [0, 0.05) is 33.5 Å². The van der Waals surface area contributed by atoms with Gasteiger partial charge in [-0.2, -0.15) is 0 Å². The van der Waals surface area contributed by atoms with Gasteiger partial charge in [0.1, 0.15) is 0 Å². The van der Waals surface area contributed by atoms with E-state index < -0.39 is 0 Å². The van der Waals surface area contributed by atoms with Crippen LogP contribution in [0.2, 0.25) is 0 Å². The Balaban J connectivity index is 1.37. The largest absolute Gasteiger partial charge is 0.310 e. The number of allylic oxidation sites excluding steroid dienone is 4. The Labute approximate surface area is 312 Å². The molecule has 8 aromatic rings. The second-order valence-corrected chi connectivity index (χ2v) is 13.8. The molecule has 2 heteroatoms. The summed E-state index contributed by atoms with van der Waals surface area (Å²) in [4.78, 5) is 2.35. The van der Waals surface area contributed by atoms with Crippen molar-refractivity contribution in [2.24, 2.45) is 0 Å². The summed E-state index contributed by atoms with van der Waals surface area (Å²) in [6, 6.07) is 57.5. The number of hydrogen-bond donors (Lipinski definition) is 0. The van der Waals surface area contributed by atoms with E-state index >= 15 is 0 Å². The summed E-state index contributed by atoms with van der Waals surface area (Å²) >= 11 is 0. The third kappa shape index (κ3) is 6.30. The zero-order valence-electron chi connectivity index (χ0n) is 30.6. The molecule has 1 heterocycles. The van der Waals surface area contributed by atoms with E-state index in [0.29, 0.717) is 0 Å². The van der Waals surface area contributed by atoms with Crippen molar-refractivity contribution in [1.29, 1.82) is 0 Å². The smallest absolute Gasteiger partial charge is 0.0547 e. The fourth-order valence-electron chi connectivity index (χ4n) is 7.52. The minimum atomic E-state index is 0.987. The summed E-state index contributed by atoms with van der Waals surface area (Å²) in [6.45, 7) is 14.6. The molecule has 2 nitrogen and oxygen atoms in total. The molecule has 0 saturated carbocycles. The highest BCUT2D eigenvalue weighted by atomic mass is 15.1. The molecule has 53 heavy (non-hydrogen) atoms. The minimum Gasteiger partial charge on any atom is -0.310 e. The summed E-state index contributed by atoms with van der Waals surface area (Å²) in [5.74, 6) is 0. The van der Waals surface area contributed by atoms with Crippen molar-refractivity contribution in [2.75, 3.05) is 4.90 Å². The SMILES string of the molecule is C=C/C=C(\C=C)n1c2ccccc2c2c(-c3cc(-c4ccccc4)cc(-c4cc(N(c5ccc(C)cc5)c5ccc(C)cc5)ccc4C)c3)cccc21. The van der Waals surface area contributed by atoms with Crippen molar-refractivity contribution in [1.82, 2.24) is 4.57 Å². The molecule has 0 amide bonds. The van der Waals surface area contributed by atoms with Crippen LogP contribution in [0.1, 0.15) is 16.7 Å². The van der Waals surface area contributed by atoms with Gasteiger partial charge in [0.25, 0.3) is 0 Å². The Kier molecular flexibility index (Phi) is 8.96. The molecular formula is C51H42N2. The molecule has 0 unspecified atom stereocenters. The molecule has 0 spiro atoms. The molecule has 1 aromatic heterocycles. The van der Waals surface area contributed by atoms with Gasteiger partial charge in [0.2, 0.25) is 0 Å². The van der Waals surface area contributed by atoms with Gasteiger partial charge in [-0.3, -0.25) is 0 Å². The second-order valence-electron chi connectivity index (χ2n) is 13.8. The topological polar surface area (TPSA) is 8.17 Å². The predicted octanol–water partition coefficient (Wildman–Crippen LogP) is 14.4. The summed E-state index contributed by atoms with van der Waals surface area (Å²) < 4.78 is 2.29. The van der Waals surface area contributed by atoms with E-state index in [-0.39, 0.29) is 0 Å². The van der Waals surface area contributed by atoms with E-state index in [1.807, 2.05) is 18.2 Å². The number of benzene rings is 7. The van der Waals surface area contributed by atoms with Gasteiger partial charge in [-0.1, -0.05) is 121 Å². The first-order valence-electron chi connectivity index (χ1n) is 18.2. The summed E-state index contributed by atoms with van der Waals surface area (Å²) in [5.41, 5.74) is 17.4. The number of para-hydroxylation sites is 1. The molecule has 0 bridgehead atoms. The minimum absolute atomic E-state index is 0.987. The van der Waals surface area contributed by atoms with Crippen molar-refractivity contribution >= 4 is 44.6 Å². The lowest BCUT2D eigenvalue weighted by Crippen LogP contribution is -2.10. The van der Waals surface area contributed by atoms with E-state index in [4.69, 9.17) is 0 Å². The van der Waals surface area contributed by atoms with Crippen LogP contribution in [0.15, 0.2) is 189 Å². The summed E-state index contributed by atoms with van der Waals surface area (Å²) in [7, 11) is 0. The average molecular weight is 683 g/mol. The quantitative estimate of drug-likeness (QED) is 0.138. The van der Waals surface area contributed by atoms with E-state index in [9.17, 15) is 0 Å². The third-order valence-corrected chi connectivity index (χ3v) is 10.2. The van der Waals surface area contributed by atoms with E-state index in [0.717, 1.165) is 33.8 Å². The van der Waals surface area contributed by atoms with Crippen LogP contribution in [-0.4, -0.2) is 4.57 Å². The molecule has 0 radical (unpaired) electrons. The number of aryl methyl sites for hydroxylation is 3. The molecule has 0 aliphatic rings. The second kappa shape index (κ2) is 14.2. The van der Waals surface area contributed by atoms with Crippen molar-refractivity contribution in [3.8, 4) is 33.4 Å². The van der Waals surface area contributed by atoms with Crippen LogP contribution in [0.3, 0.4) is 0 Å². The summed E-state index contributed by atoms with van der Waals surface area (Å²) in [6.07, 6.45) is 5.75. The van der Waals surface area contributed by atoms with Crippen LogP contribution in [0, 0.1) is 20.8 Å². The van der Waals surface area contributed by atoms with Crippen molar-refractivity contribution in [2.45, 2.75) is 20.8 Å². The first-order valence-corrected chi connectivity index (χ1v) is 18.2. The molecular weight excluding hydrogens is 641 g/mol. The Morgan fingerprint density at radius 2 is 1.09 bits per heavy atom. The van der Waals surface area contributed by atoms with Gasteiger partial charge < -0.3 is 9.47 Å². The molecule has 256 valence electrons. The number of hydrogen-bond acceptors (Lipinski definition) is 1. The lowest BCUT2D eigenvalue weighted by atomic mass is 9.90. The number of aromatic nitrogens is 1. The number of anilines is 3. The molecule has 0 saturated heterocycles. The molecule has 0 aliphatic carbocycles. The van der Waals surface area contributed by atoms with Crippen LogP contribution >= 0.6 is 0 Å². The third-order valence-electron chi connectivity index (χ3n) is 10.2. The van der Waals surface area contributed by atoms with Crippen molar-refractivity contribution in [3.63, 3.8) is 0 Å². The lowest BCUT2D eigenvalue weighted by Gasteiger charge is -2.27. The van der Waals surface area contributed by atoms with E-state index in [1.165, 1.54) is 60.8 Å². The molecule has 7 aromatic carbocycles. The van der Waals surface area contributed by atoms with E-state index in [1.54, 1.807) is 0 Å². The molecule has 8 rings (SSSR count). The zero-order chi connectivity index (χ0) is 36.5. The van der Waals surface area contributed by atoms with Gasteiger partial charge in [0.05, 0.1) is 11.0 Å². The van der Waals surface area contributed by atoms with Gasteiger partial charge in [-0.05, 0) is 139 Å². The van der Waals surface area contributed by atoms with Gasteiger partial charge in [0.15, 0.2) is 0 Å². The standard InChI is InChI=1S/C51H42N2/c1-6-14-42(7-2)53-49-19-12-11-17-47(49)51-46(18-13-20-50(51)53)40-31-39(38-15-9-8-10-16-38)32-41(33-40)48-34-45(30-25-37(48)5)52(43-26-21-35(3)22-27-43)44-28-23-36(4)24-29-44/h6-34H,1-2H2,3-5H3/b42-14+. The molecule has 0 atom stereocenters. The van der Waals surface area contributed by atoms with Gasteiger partial charge >= 0.3 is 0 Å². The Morgan fingerprint density at radius 1 is 0.509 bits per heavy atom. The molecule has 0 aliphatic heterocycles. The molecule has 0 N–H and O–H groups in total. The zero-order valence-corrected chi connectivity index (χ0v) is 30.6. The Bertz CT molecular complexity index is 2610. The van der Waals surface area contributed by atoms with Crippen LogP contribution in [0.25, 0.3) is 60.9 Å². The Morgan fingerprint density at radius 3 is 1.75 bits per heavy atom. The van der Waals surface area contributed by atoms with Gasteiger partial charge in [-0.15, -0.1) is 0 Å². The lowest BCUT2D eigenvalue weighted by molar-refractivity contribution is 1.24. The number of nitrogens with zero attached hydrogens (tertiary/aromatic N) is 2. The summed E-state index contributed by atoms with van der Waals surface area (Å²) in [5, 5.41) is 2.41. The van der Waals surface area contributed by atoms with Crippen LogP contribution in [-0.2, 0) is 0 Å². The van der Waals surface area contributed by atoms with Crippen LogP contribution in [0.5, 0.6) is 0 Å².